The van der Waals surface area contributed by atoms with Crippen molar-refractivity contribution in [1.82, 2.24) is 9.21 Å². The highest BCUT2D eigenvalue weighted by atomic mass is 32.2. The summed E-state index contributed by atoms with van der Waals surface area (Å²) in [4.78, 5) is 24.8. The molecule has 2 amide bonds. The van der Waals surface area contributed by atoms with E-state index in [9.17, 15) is 26.4 Å². The first-order valence-electron chi connectivity index (χ1n) is 6.02. The third-order valence-electron chi connectivity index (χ3n) is 3.59. The summed E-state index contributed by atoms with van der Waals surface area (Å²) in [5.74, 6) is -2.27. The summed E-state index contributed by atoms with van der Waals surface area (Å²) in [6.07, 6.45) is -0.0706. The molecule has 2 fully saturated rings. The maximum absolute atomic E-state index is 11.9. The lowest BCUT2D eigenvalue weighted by Crippen LogP contribution is -2.71. The van der Waals surface area contributed by atoms with Gasteiger partial charge in [0, 0.05) is 18.9 Å². The number of nitrogens with two attached hydrogens (primary N) is 1. The van der Waals surface area contributed by atoms with E-state index < -0.39 is 50.1 Å². The summed E-state index contributed by atoms with van der Waals surface area (Å²) in [5, 5.41) is 4.92. The zero-order chi connectivity index (χ0) is 16.2. The quantitative estimate of drug-likeness (QED) is 0.424. The SMILES string of the molecule is C[C@H]1[C@H](N2CC(CS(N)(=O)=O)CC2=O)C(=O)N1S(=O)(=O)O. The summed E-state index contributed by atoms with van der Waals surface area (Å²) in [6.45, 7) is 1.38. The number of hydrogen-bond donors (Lipinski definition) is 2. The fourth-order valence-corrected chi connectivity index (χ4v) is 4.57. The minimum absolute atomic E-state index is 0.00925. The number of likely N-dealkylation sites (tertiary alicyclic amines) is 1. The van der Waals surface area contributed by atoms with E-state index in [1.54, 1.807) is 0 Å². The molecule has 0 bridgehead atoms. The van der Waals surface area contributed by atoms with Gasteiger partial charge in [-0.1, -0.05) is 0 Å². The third-order valence-corrected chi connectivity index (χ3v) is 5.53. The molecule has 0 aromatic rings. The zero-order valence-electron chi connectivity index (χ0n) is 11.0. The largest absolute Gasteiger partial charge is 0.362 e. The van der Waals surface area contributed by atoms with Crippen LogP contribution in [0.4, 0.5) is 0 Å². The number of carbonyl (C=O) groups excluding carboxylic acids is 2. The van der Waals surface area contributed by atoms with Gasteiger partial charge in [-0.2, -0.15) is 8.42 Å². The van der Waals surface area contributed by atoms with Crippen LogP contribution in [0.2, 0.25) is 0 Å². The summed E-state index contributed by atoms with van der Waals surface area (Å²) >= 11 is 0. The van der Waals surface area contributed by atoms with Crippen LogP contribution in [-0.2, 0) is 29.9 Å². The van der Waals surface area contributed by atoms with Crippen LogP contribution in [0, 0.1) is 5.92 Å². The van der Waals surface area contributed by atoms with E-state index in [-0.39, 0.29) is 23.0 Å². The number of hydrogen-bond acceptors (Lipinski definition) is 6. The fourth-order valence-electron chi connectivity index (χ4n) is 2.82. The Bertz CT molecular complexity index is 686. The second-order valence-electron chi connectivity index (χ2n) is 5.24. The molecular weight excluding hydrogens is 326 g/mol. The van der Waals surface area contributed by atoms with E-state index in [2.05, 4.69) is 0 Å². The Morgan fingerprint density at radius 1 is 1.29 bits per heavy atom. The van der Waals surface area contributed by atoms with Crippen LogP contribution in [0.1, 0.15) is 13.3 Å². The Balaban J connectivity index is 2.11. The topological polar surface area (TPSA) is 155 Å². The number of amides is 2. The number of nitrogens with zero attached hydrogens (tertiary/aromatic N) is 2. The van der Waals surface area contributed by atoms with Crippen molar-refractivity contribution in [3.05, 3.63) is 0 Å². The van der Waals surface area contributed by atoms with E-state index in [0.717, 1.165) is 4.90 Å². The first-order chi connectivity index (χ1) is 9.42. The van der Waals surface area contributed by atoms with Gasteiger partial charge in [0.25, 0.3) is 5.91 Å². The molecule has 120 valence electrons. The first-order valence-corrected chi connectivity index (χ1v) is 9.13. The second kappa shape index (κ2) is 4.90. The molecule has 2 aliphatic rings. The van der Waals surface area contributed by atoms with Gasteiger partial charge in [0.1, 0.15) is 6.04 Å². The van der Waals surface area contributed by atoms with Crippen LogP contribution in [0.5, 0.6) is 0 Å². The first kappa shape index (κ1) is 16.1. The van der Waals surface area contributed by atoms with Gasteiger partial charge in [-0.05, 0) is 6.92 Å². The van der Waals surface area contributed by atoms with Crippen LogP contribution in [0.15, 0.2) is 0 Å². The smallest absolute Gasteiger partial charge is 0.328 e. The molecule has 2 rings (SSSR count). The number of carbonyl (C=O) groups is 2. The average molecular weight is 341 g/mol. The van der Waals surface area contributed by atoms with Gasteiger partial charge in [-0.3, -0.25) is 14.1 Å². The molecule has 0 radical (unpaired) electrons. The summed E-state index contributed by atoms with van der Waals surface area (Å²) in [7, 11) is -8.40. The molecule has 10 nitrogen and oxygen atoms in total. The lowest BCUT2D eigenvalue weighted by atomic mass is 9.99. The minimum Gasteiger partial charge on any atom is -0.328 e. The van der Waals surface area contributed by atoms with E-state index in [1.807, 2.05) is 0 Å². The van der Waals surface area contributed by atoms with Crippen molar-refractivity contribution in [3.8, 4) is 0 Å². The van der Waals surface area contributed by atoms with Gasteiger partial charge in [0.15, 0.2) is 0 Å². The van der Waals surface area contributed by atoms with Crippen LogP contribution < -0.4 is 5.14 Å². The third kappa shape index (κ3) is 3.02. The molecule has 12 heteroatoms. The average Bonchev–Trinajstić information content (AvgIpc) is 2.54. The predicted octanol–water partition coefficient (Wildman–Crippen LogP) is -2.47. The number of primary sulfonamides is 1. The van der Waals surface area contributed by atoms with Crippen molar-refractivity contribution < 1.29 is 31.0 Å². The van der Waals surface area contributed by atoms with Crippen LogP contribution in [-0.4, -0.2) is 66.8 Å². The lowest BCUT2D eigenvalue weighted by molar-refractivity contribution is -0.154. The summed E-state index contributed by atoms with van der Waals surface area (Å²) in [6, 6.07) is -1.91. The Labute approximate surface area is 121 Å². The molecule has 21 heavy (non-hydrogen) atoms. The van der Waals surface area contributed by atoms with Gasteiger partial charge in [-0.25, -0.2) is 17.9 Å². The van der Waals surface area contributed by atoms with E-state index in [0.29, 0.717) is 0 Å². The monoisotopic (exact) mass is 341 g/mol. The van der Waals surface area contributed by atoms with Gasteiger partial charge in [0.2, 0.25) is 15.9 Å². The highest BCUT2D eigenvalue weighted by Crippen LogP contribution is 2.32. The Morgan fingerprint density at radius 2 is 1.86 bits per heavy atom. The molecule has 2 heterocycles. The second-order valence-corrected chi connectivity index (χ2v) is 8.19. The maximum atomic E-state index is 11.9. The summed E-state index contributed by atoms with van der Waals surface area (Å²) < 4.78 is 53.2. The normalized spacial score (nSPS) is 30.7. The molecule has 0 aliphatic carbocycles. The van der Waals surface area contributed by atoms with Gasteiger partial charge >= 0.3 is 10.3 Å². The summed E-state index contributed by atoms with van der Waals surface area (Å²) in [5.41, 5.74) is 0. The van der Waals surface area contributed by atoms with E-state index in [1.165, 1.54) is 6.92 Å². The molecule has 2 saturated heterocycles. The van der Waals surface area contributed by atoms with Gasteiger partial charge in [-0.15, -0.1) is 0 Å². The standard InChI is InChI=1S/C9H15N3O7S2/c1-5-8(9(14)12(5)21(17,18)19)11-3-6(2-7(11)13)4-20(10,15)16/h5-6,8H,2-4H2,1H3,(H2,10,15,16)(H,17,18,19)/t5-,6?,8-/m0/s1. The van der Waals surface area contributed by atoms with Crippen molar-refractivity contribution >= 4 is 32.1 Å². The van der Waals surface area contributed by atoms with Crippen molar-refractivity contribution in [3.63, 3.8) is 0 Å². The van der Waals surface area contributed by atoms with Gasteiger partial charge in [0.05, 0.1) is 11.8 Å². The molecule has 3 N–H and O–H groups in total. The van der Waals surface area contributed by atoms with Gasteiger partial charge < -0.3 is 4.90 Å². The van der Waals surface area contributed by atoms with Crippen molar-refractivity contribution in [1.29, 1.82) is 0 Å². The highest BCUT2D eigenvalue weighted by molar-refractivity contribution is 7.89. The molecular formula is C9H15N3O7S2. The minimum atomic E-state index is -4.66. The molecule has 0 aromatic carbocycles. The molecule has 0 spiro atoms. The van der Waals surface area contributed by atoms with Crippen LogP contribution in [0.25, 0.3) is 0 Å². The van der Waals surface area contributed by atoms with Crippen molar-refractivity contribution in [2.45, 2.75) is 25.4 Å². The molecule has 1 unspecified atom stereocenters. The van der Waals surface area contributed by atoms with Crippen molar-refractivity contribution in [2.24, 2.45) is 11.1 Å². The molecule has 0 aromatic heterocycles. The van der Waals surface area contributed by atoms with E-state index >= 15 is 0 Å². The van der Waals surface area contributed by atoms with E-state index in [4.69, 9.17) is 9.69 Å². The van der Waals surface area contributed by atoms with Crippen LogP contribution >= 0.6 is 0 Å². The van der Waals surface area contributed by atoms with Crippen molar-refractivity contribution in [2.75, 3.05) is 12.3 Å². The molecule has 2 aliphatic heterocycles. The molecule has 0 saturated carbocycles. The number of sulfonamides is 1. The Kier molecular flexibility index (Phi) is 3.76. The lowest BCUT2D eigenvalue weighted by Gasteiger charge is -2.46. The number of β-lactam (4-membered cyclic amide) rings is 1. The highest BCUT2D eigenvalue weighted by Gasteiger charge is 2.56. The zero-order valence-corrected chi connectivity index (χ0v) is 12.7. The Hall–Kier alpha value is -1.24. The number of rotatable bonds is 4. The molecule has 3 atom stereocenters. The fraction of sp³-hybridized carbons (Fsp3) is 0.778. The maximum Gasteiger partial charge on any atom is 0.362 e. The van der Waals surface area contributed by atoms with Crippen LogP contribution in [0.3, 0.4) is 0 Å². The Morgan fingerprint density at radius 3 is 2.29 bits per heavy atom. The predicted molar refractivity (Wildman–Crippen MR) is 69.4 cm³/mol.